The lowest BCUT2D eigenvalue weighted by Gasteiger charge is -2.15. The van der Waals surface area contributed by atoms with Crippen molar-refractivity contribution in [3.05, 3.63) is 71.3 Å². The molecule has 0 saturated carbocycles. The second-order valence-electron chi connectivity index (χ2n) is 6.05. The van der Waals surface area contributed by atoms with Crippen molar-refractivity contribution in [2.45, 2.75) is 24.4 Å². The van der Waals surface area contributed by atoms with E-state index in [2.05, 4.69) is 5.32 Å². The fourth-order valence-corrected chi connectivity index (χ4v) is 2.95. The van der Waals surface area contributed by atoms with Crippen LogP contribution in [0.15, 0.2) is 59.5 Å². The molecule has 1 aliphatic heterocycles. The van der Waals surface area contributed by atoms with Gasteiger partial charge in [-0.1, -0.05) is 35.9 Å². The zero-order valence-electron chi connectivity index (χ0n) is 14.6. The van der Waals surface area contributed by atoms with Gasteiger partial charge in [-0.05, 0) is 55.3 Å². The summed E-state index contributed by atoms with van der Waals surface area (Å²) in [6.07, 6.45) is -1.36. The molecule has 2 N–H and O–H groups in total. The van der Waals surface area contributed by atoms with E-state index in [-0.39, 0.29) is 4.90 Å². The summed E-state index contributed by atoms with van der Waals surface area (Å²) in [5, 5.41) is 3.16. The van der Waals surface area contributed by atoms with Crippen molar-refractivity contribution in [2.75, 3.05) is 13.1 Å². The van der Waals surface area contributed by atoms with Gasteiger partial charge in [-0.2, -0.15) is 21.6 Å². The normalized spacial score (nSPS) is 14.8. The van der Waals surface area contributed by atoms with Gasteiger partial charge in [0.05, 0.1) is 10.5 Å². The van der Waals surface area contributed by atoms with Crippen LogP contribution in [0.5, 0.6) is 0 Å². The Balaban J connectivity index is 0.000000208. The lowest BCUT2D eigenvalue weighted by Crippen LogP contribution is -2.20. The molecule has 146 valence electrons. The van der Waals surface area contributed by atoms with Crippen molar-refractivity contribution in [1.29, 1.82) is 0 Å². The first-order valence-corrected chi connectivity index (χ1v) is 9.63. The molecule has 0 saturated heterocycles. The Kier molecular flexibility index (Phi) is 6.80. The van der Waals surface area contributed by atoms with Crippen LogP contribution in [0.25, 0.3) is 5.57 Å². The maximum atomic E-state index is 12.3. The first kappa shape index (κ1) is 21.1. The topological polar surface area (TPSA) is 66.4 Å². The monoisotopic (exact) mass is 399 g/mol. The molecule has 1 heterocycles. The summed E-state index contributed by atoms with van der Waals surface area (Å²) in [6, 6.07) is 11.3. The number of halogens is 3. The highest BCUT2D eigenvalue weighted by atomic mass is 32.2. The highest BCUT2D eigenvalue weighted by molar-refractivity contribution is 7.85. The highest BCUT2D eigenvalue weighted by Crippen LogP contribution is 2.30. The van der Waals surface area contributed by atoms with E-state index in [9.17, 15) is 21.6 Å². The molecule has 0 aromatic heterocycles. The smallest absolute Gasteiger partial charge is 0.313 e. The van der Waals surface area contributed by atoms with Gasteiger partial charge < -0.3 is 5.32 Å². The van der Waals surface area contributed by atoms with Crippen LogP contribution in [-0.2, 0) is 16.3 Å². The first-order valence-electron chi connectivity index (χ1n) is 8.19. The van der Waals surface area contributed by atoms with Crippen molar-refractivity contribution in [1.82, 2.24) is 5.32 Å². The summed E-state index contributed by atoms with van der Waals surface area (Å²) in [5.41, 5.74) is 2.37. The van der Waals surface area contributed by atoms with Crippen molar-refractivity contribution in [3.8, 4) is 0 Å². The number of benzene rings is 2. The van der Waals surface area contributed by atoms with Gasteiger partial charge in [0.2, 0.25) is 0 Å². The molecule has 8 heteroatoms. The Hall–Kier alpha value is -2.16. The van der Waals surface area contributed by atoms with Gasteiger partial charge in [0, 0.05) is 6.54 Å². The SMILES string of the molecule is Cc1ccc(S(=O)(=O)O)cc1.FC(F)(F)c1ccc(C2=CCNCC2)cc1. The number of rotatable bonds is 2. The third-order valence-electron chi connectivity index (χ3n) is 3.97. The summed E-state index contributed by atoms with van der Waals surface area (Å²) < 4.78 is 66.6. The molecule has 0 radical (unpaired) electrons. The molecule has 0 fully saturated rings. The van der Waals surface area contributed by atoms with E-state index in [1.54, 1.807) is 24.3 Å². The molecular formula is C19H20F3NO3S. The molecule has 27 heavy (non-hydrogen) atoms. The van der Waals surface area contributed by atoms with Crippen LogP contribution in [0.3, 0.4) is 0 Å². The van der Waals surface area contributed by atoms with Crippen molar-refractivity contribution < 1.29 is 26.1 Å². The van der Waals surface area contributed by atoms with Crippen LogP contribution in [0.2, 0.25) is 0 Å². The van der Waals surface area contributed by atoms with Crippen LogP contribution < -0.4 is 5.32 Å². The average Bonchev–Trinajstić information content (AvgIpc) is 2.62. The number of hydrogen-bond donors (Lipinski definition) is 2. The third kappa shape index (κ3) is 6.50. The Bertz CT molecular complexity index is 887. The third-order valence-corrected chi connectivity index (χ3v) is 4.83. The maximum Gasteiger partial charge on any atom is 0.416 e. The van der Waals surface area contributed by atoms with Gasteiger partial charge in [-0.15, -0.1) is 0 Å². The second-order valence-corrected chi connectivity index (χ2v) is 7.47. The van der Waals surface area contributed by atoms with E-state index in [4.69, 9.17) is 4.55 Å². The molecule has 3 rings (SSSR count). The minimum Gasteiger partial charge on any atom is -0.313 e. The van der Waals surface area contributed by atoms with Gasteiger partial charge in [0.25, 0.3) is 10.1 Å². The zero-order valence-corrected chi connectivity index (χ0v) is 15.4. The number of nitrogens with one attached hydrogen (secondary N) is 1. The van der Waals surface area contributed by atoms with Gasteiger partial charge in [0.1, 0.15) is 0 Å². The molecule has 0 unspecified atom stereocenters. The summed E-state index contributed by atoms with van der Waals surface area (Å²) in [7, 11) is -4.02. The summed E-state index contributed by atoms with van der Waals surface area (Å²) in [5.74, 6) is 0. The molecule has 2 aromatic rings. The summed E-state index contributed by atoms with van der Waals surface area (Å²) >= 11 is 0. The maximum absolute atomic E-state index is 12.3. The minimum absolute atomic E-state index is 0.0666. The fraction of sp³-hybridized carbons (Fsp3) is 0.263. The van der Waals surface area contributed by atoms with Gasteiger partial charge in [-0.25, -0.2) is 0 Å². The van der Waals surface area contributed by atoms with E-state index in [1.807, 2.05) is 13.0 Å². The minimum atomic E-state index is -4.25. The average molecular weight is 399 g/mol. The molecule has 4 nitrogen and oxygen atoms in total. The molecule has 0 spiro atoms. The summed E-state index contributed by atoms with van der Waals surface area (Å²) in [6.45, 7) is 3.51. The predicted octanol–water partition coefficient (Wildman–Crippen LogP) is 4.32. The standard InChI is InChI=1S/C12H12F3N.C7H8O3S/c13-12(14,15)11-3-1-9(2-4-11)10-5-7-16-8-6-10;1-6-2-4-7(5-3-6)11(8,9)10/h1-5,16H,6-8H2;2-5H,1H3,(H,8,9,10). The van der Waals surface area contributed by atoms with Crippen LogP contribution in [-0.4, -0.2) is 26.1 Å². The Morgan fingerprint density at radius 1 is 1.00 bits per heavy atom. The molecule has 1 aliphatic rings. The Morgan fingerprint density at radius 3 is 2.04 bits per heavy atom. The quantitative estimate of drug-likeness (QED) is 0.738. The van der Waals surface area contributed by atoms with E-state index in [0.29, 0.717) is 0 Å². The van der Waals surface area contributed by atoms with E-state index in [1.165, 1.54) is 12.1 Å². The van der Waals surface area contributed by atoms with Crippen molar-refractivity contribution >= 4 is 15.7 Å². The summed E-state index contributed by atoms with van der Waals surface area (Å²) in [4.78, 5) is -0.0666. The lowest BCUT2D eigenvalue weighted by molar-refractivity contribution is -0.137. The molecular weight excluding hydrogens is 379 g/mol. The van der Waals surface area contributed by atoms with Crippen molar-refractivity contribution in [3.63, 3.8) is 0 Å². The second kappa shape index (κ2) is 8.69. The van der Waals surface area contributed by atoms with E-state index >= 15 is 0 Å². The van der Waals surface area contributed by atoms with Gasteiger partial charge in [-0.3, -0.25) is 4.55 Å². The van der Waals surface area contributed by atoms with Crippen LogP contribution >= 0.6 is 0 Å². The van der Waals surface area contributed by atoms with Crippen LogP contribution in [0.1, 0.15) is 23.1 Å². The zero-order chi connectivity index (χ0) is 20.1. The fourth-order valence-electron chi connectivity index (χ4n) is 2.47. The highest BCUT2D eigenvalue weighted by Gasteiger charge is 2.30. The molecule has 0 atom stereocenters. The van der Waals surface area contributed by atoms with Crippen LogP contribution in [0.4, 0.5) is 13.2 Å². The van der Waals surface area contributed by atoms with E-state index in [0.717, 1.165) is 48.3 Å². The molecule has 2 aromatic carbocycles. The number of hydrogen-bond acceptors (Lipinski definition) is 3. The van der Waals surface area contributed by atoms with Gasteiger partial charge >= 0.3 is 6.18 Å². The van der Waals surface area contributed by atoms with Gasteiger partial charge in [0.15, 0.2) is 0 Å². The van der Waals surface area contributed by atoms with Crippen molar-refractivity contribution in [2.24, 2.45) is 0 Å². The number of aryl methyl sites for hydroxylation is 1. The molecule has 0 bridgehead atoms. The Morgan fingerprint density at radius 2 is 1.59 bits per heavy atom. The largest absolute Gasteiger partial charge is 0.416 e. The van der Waals surface area contributed by atoms with E-state index < -0.39 is 21.9 Å². The predicted molar refractivity (Wildman–Crippen MR) is 97.9 cm³/mol. The van der Waals surface area contributed by atoms with Crippen LogP contribution in [0, 0.1) is 6.92 Å². The molecule has 0 amide bonds. The Labute approximate surface area is 156 Å². The first-order chi connectivity index (χ1) is 12.6. The lowest BCUT2D eigenvalue weighted by atomic mass is 9.99. The molecule has 0 aliphatic carbocycles. The number of alkyl halides is 3.